The average molecular weight is 232 g/mol. The summed E-state index contributed by atoms with van der Waals surface area (Å²) in [5.41, 5.74) is 3.43. The van der Waals surface area contributed by atoms with E-state index in [9.17, 15) is 20.2 Å². The number of alkyl halides is 1. The first kappa shape index (κ1) is 11.3. The van der Waals surface area contributed by atoms with E-state index in [4.69, 9.17) is 17.3 Å². The zero-order chi connectivity index (χ0) is 11.6. The number of benzene rings is 1. The van der Waals surface area contributed by atoms with Gasteiger partial charge in [0.15, 0.2) is 0 Å². The fourth-order valence-corrected chi connectivity index (χ4v) is 1.22. The van der Waals surface area contributed by atoms with Crippen LogP contribution in [0.5, 0.6) is 0 Å². The summed E-state index contributed by atoms with van der Waals surface area (Å²) in [6, 6.07) is 3.12. The quantitative estimate of drug-likeness (QED) is 0.368. The fraction of sp³-hybridized carbons (Fsp3) is 0.143. The molecular formula is C7H6ClN3O4. The Kier molecular flexibility index (Phi) is 3.17. The van der Waals surface area contributed by atoms with Crippen molar-refractivity contribution >= 4 is 23.0 Å². The number of hydrogen-bond acceptors (Lipinski definition) is 5. The van der Waals surface area contributed by atoms with E-state index in [0.717, 1.165) is 12.1 Å². The molecule has 2 N–H and O–H groups in total. The van der Waals surface area contributed by atoms with Crippen molar-refractivity contribution in [2.24, 2.45) is 5.73 Å². The smallest absolute Gasteiger partial charge is 0.282 e. The molecule has 7 nitrogen and oxygen atoms in total. The number of nitrogens with two attached hydrogens (primary N) is 1. The maximum atomic E-state index is 10.6. The van der Waals surface area contributed by atoms with Gasteiger partial charge < -0.3 is 5.73 Å². The first-order valence-electron chi connectivity index (χ1n) is 3.76. The van der Waals surface area contributed by atoms with Crippen LogP contribution in [0.4, 0.5) is 11.4 Å². The van der Waals surface area contributed by atoms with Gasteiger partial charge in [-0.1, -0.05) is 0 Å². The third-order valence-corrected chi connectivity index (χ3v) is 1.95. The molecule has 0 aliphatic heterocycles. The topological polar surface area (TPSA) is 112 Å². The van der Waals surface area contributed by atoms with E-state index in [-0.39, 0.29) is 11.3 Å². The van der Waals surface area contributed by atoms with E-state index >= 15 is 0 Å². The Labute approximate surface area is 88.7 Å². The molecule has 0 radical (unpaired) electrons. The number of hydrogen-bond donors (Lipinski definition) is 1. The number of nitrogens with zero attached hydrogens (tertiary/aromatic N) is 2. The molecule has 8 heteroatoms. The molecule has 1 unspecified atom stereocenters. The van der Waals surface area contributed by atoms with Crippen LogP contribution in [0.2, 0.25) is 0 Å². The van der Waals surface area contributed by atoms with Crippen LogP contribution in [-0.4, -0.2) is 9.85 Å². The van der Waals surface area contributed by atoms with Crippen LogP contribution < -0.4 is 5.73 Å². The lowest BCUT2D eigenvalue weighted by Crippen LogP contribution is -2.06. The van der Waals surface area contributed by atoms with Gasteiger partial charge in [-0.15, -0.1) is 11.6 Å². The molecular weight excluding hydrogens is 226 g/mol. The summed E-state index contributed by atoms with van der Waals surface area (Å²) < 4.78 is 0. The molecule has 1 rings (SSSR count). The van der Waals surface area contributed by atoms with Gasteiger partial charge in [0, 0.05) is 6.07 Å². The number of nitro groups is 2. The Morgan fingerprint density at radius 3 is 2.27 bits per heavy atom. The molecule has 80 valence electrons. The summed E-state index contributed by atoms with van der Waals surface area (Å²) in [5.74, 6) is 0. The van der Waals surface area contributed by atoms with Crippen molar-refractivity contribution in [3.8, 4) is 0 Å². The molecule has 0 fully saturated rings. The summed E-state index contributed by atoms with van der Waals surface area (Å²) in [7, 11) is 0. The number of nitro benzene ring substituents is 2. The number of rotatable bonds is 3. The van der Waals surface area contributed by atoms with E-state index in [0.29, 0.717) is 0 Å². The summed E-state index contributed by atoms with van der Waals surface area (Å²) in [5, 5.41) is 20.9. The predicted molar refractivity (Wildman–Crippen MR) is 52.5 cm³/mol. The van der Waals surface area contributed by atoms with Crippen molar-refractivity contribution in [2.45, 2.75) is 5.50 Å². The van der Waals surface area contributed by atoms with Gasteiger partial charge in [-0.05, 0) is 6.07 Å². The minimum Gasteiger partial charge on any atom is -0.311 e. The summed E-state index contributed by atoms with van der Waals surface area (Å²) in [4.78, 5) is 19.5. The molecule has 1 atom stereocenters. The summed E-state index contributed by atoms with van der Waals surface area (Å²) in [6.07, 6.45) is 0. The molecule has 0 spiro atoms. The normalized spacial score (nSPS) is 12.1. The van der Waals surface area contributed by atoms with Crippen LogP contribution in [0.3, 0.4) is 0 Å². The lowest BCUT2D eigenvalue weighted by atomic mass is 10.1. The molecule has 0 amide bonds. The van der Waals surface area contributed by atoms with Crippen LogP contribution in [0.15, 0.2) is 18.2 Å². The molecule has 1 aromatic rings. The van der Waals surface area contributed by atoms with Gasteiger partial charge in [0.05, 0.1) is 21.5 Å². The molecule has 0 saturated heterocycles. The highest BCUT2D eigenvalue weighted by molar-refractivity contribution is 6.20. The second-order valence-corrected chi connectivity index (χ2v) is 3.13. The van der Waals surface area contributed by atoms with Crippen LogP contribution in [0.25, 0.3) is 0 Å². The molecule has 0 heterocycles. The maximum Gasteiger partial charge on any atom is 0.282 e. The highest BCUT2D eigenvalue weighted by Crippen LogP contribution is 2.29. The Morgan fingerprint density at radius 2 is 1.87 bits per heavy atom. The standard InChI is InChI=1S/C7H6ClN3O4/c8-7(9)5-2-1-4(10(12)13)3-6(5)11(14)15/h1-3,7H,9H2. The van der Waals surface area contributed by atoms with E-state index in [1.165, 1.54) is 6.07 Å². The van der Waals surface area contributed by atoms with Gasteiger partial charge in [0.2, 0.25) is 0 Å². The van der Waals surface area contributed by atoms with Crippen molar-refractivity contribution in [1.29, 1.82) is 0 Å². The molecule has 0 bridgehead atoms. The van der Waals surface area contributed by atoms with Crippen molar-refractivity contribution < 1.29 is 9.85 Å². The second-order valence-electron chi connectivity index (χ2n) is 2.66. The fourth-order valence-electron chi connectivity index (χ4n) is 1.04. The minimum atomic E-state index is -1.06. The van der Waals surface area contributed by atoms with Gasteiger partial charge in [0.25, 0.3) is 11.4 Å². The lowest BCUT2D eigenvalue weighted by molar-refractivity contribution is -0.394. The largest absolute Gasteiger partial charge is 0.311 e. The molecule has 0 aliphatic rings. The molecule has 0 saturated carbocycles. The van der Waals surface area contributed by atoms with Gasteiger partial charge in [0.1, 0.15) is 5.50 Å². The Hall–Kier alpha value is -1.73. The van der Waals surface area contributed by atoms with E-state index in [1.807, 2.05) is 0 Å². The van der Waals surface area contributed by atoms with Gasteiger partial charge in [-0.2, -0.15) is 0 Å². The minimum absolute atomic E-state index is 0.0484. The highest BCUT2D eigenvalue weighted by atomic mass is 35.5. The van der Waals surface area contributed by atoms with Gasteiger partial charge in [-0.25, -0.2) is 0 Å². The van der Waals surface area contributed by atoms with Crippen molar-refractivity contribution in [1.82, 2.24) is 0 Å². The molecule has 0 aromatic heterocycles. The van der Waals surface area contributed by atoms with Crippen LogP contribution >= 0.6 is 11.6 Å². The second kappa shape index (κ2) is 4.20. The maximum absolute atomic E-state index is 10.6. The zero-order valence-corrected chi connectivity index (χ0v) is 8.05. The third-order valence-electron chi connectivity index (χ3n) is 1.72. The van der Waals surface area contributed by atoms with Crippen molar-refractivity contribution in [3.63, 3.8) is 0 Å². The Bertz CT molecular complexity index is 421. The van der Waals surface area contributed by atoms with Crippen LogP contribution in [0.1, 0.15) is 11.1 Å². The van der Waals surface area contributed by atoms with Crippen molar-refractivity contribution in [2.75, 3.05) is 0 Å². The first-order valence-corrected chi connectivity index (χ1v) is 4.19. The van der Waals surface area contributed by atoms with Crippen molar-refractivity contribution in [3.05, 3.63) is 44.0 Å². The highest BCUT2D eigenvalue weighted by Gasteiger charge is 2.21. The predicted octanol–water partition coefficient (Wildman–Crippen LogP) is 1.70. The van der Waals surface area contributed by atoms with Crippen LogP contribution in [0, 0.1) is 20.2 Å². The Morgan fingerprint density at radius 1 is 1.27 bits per heavy atom. The molecule has 1 aromatic carbocycles. The molecule has 0 aliphatic carbocycles. The van der Waals surface area contributed by atoms with E-state index in [1.54, 1.807) is 0 Å². The summed E-state index contributed by atoms with van der Waals surface area (Å²) in [6.45, 7) is 0. The number of halogens is 1. The monoisotopic (exact) mass is 231 g/mol. The van der Waals surface area contributed by atoms with E-state index in [2.05, 4.69) is 0 Å². The lowest BCUT2D eigenvalue weighted by Gasteiger charge is -2.03. The average Bonchev–Trinajstić information content (AvgIpc) is 2.16. The van der Waals surface area contributed by atoms with Crippen LogP contribution in [-0.2, 0) is 0 Å². The SMILES string of the molecule is NC(Cl)c1ccc([N+](=O)[O-])cc1[N+](=O)[O-]. The molecule has 15 heavy (non-hydrogen) atoms. The summed E-state index contributed by atoms with van der Waals surface area (Å²) >= 11 is 5.49. The number of non-ortho nitro benzene ring substituents is 1. The van der Waals surface area contributed by atoms with E-state index < -0.39 is 21.0 Å². The van der Waals surface area contributed by atoms with Gasteiger partial charge >= 0.3 is 0 Å². The Balaban J connectivity index is 3.33. The third kappa shape index (κ3) is 2.39. The first-order chi connectivity index (χ1) is 6.93. The zero-order valence-electron chi connectivity index (χ0n) is 7.29. The van der Waals surface area contributed by atoms with Gasteiger partial charge in [-0.3, -0.25) is 20.2 Å².